The van der Waals surface area contributed by atoms with Crippen molar-refractivity contribution in [1.29, 1.82) is 0 Å². The van der Waals surface area contributed by atoms with Crippen molar-refractivity contribution in [3.05, 3.63) is 92.1 Å². The number of amides is 3. The van der Waals surface area contributed by atoms with Crippen LogP contribution in [0.4, 0.5) is 5.69 Å². The standard InChI is InChI=1S/C37H37ClN10O5/c1-19-15-37(10-12-46(13-11-37)35(53)29-31(50)20(2)41-18-42-29)28-30(19)47(17-27(49)43-25-8-6-22(14-24(25)38)21-4-5-21)36-44-32(45-48(36)34(28)52)23-7-9-26(40-16-23)33(51)39-3/h6-9,14,16,18-19,21,50H,4-5,10-13,15,17H2,1-3H3,(H,39,51)(H,43,49). The van der Waals surface area contributed by atoms with E-state index in [9.17, 15) is 24.3 Å². The summed E-state index contributed by atoms with van der Waals surface area (Å²) in [7, 11) is 1.52. The number of pyridine rings is 1. The van der Waals surface area contributed by atoms with E-state index in [0.717, 1.165) is 18.4 Å². The number of nitrogens with one attached hydrogen (secondary N) is 2. The van der Waals surface area contributed by atoms with Crippen molar-refractivity contribution in [3.63, 3.8) is 0 Å². The van der Waals surface area contributed by atoms with Crippen LogP contribution in [0.2, 0.25) is 5.02 Å². The topological polar surface area (TPSA) is 190 Å². The Hall–Kier alpha value is -5.70. The molecule has 272 valence electrons. The Morgan fingerprint density at radius 1 is 1.08 bits per heavy atom. The third-order valence-electron chi connectivity index (χ3n) is 10.8. The number of anilines is 1. The lowest BCUT2D eigenvalue weighted by Crippen LogP contribution is -2.46. The number of aromatic nitrogens is 7. The number of rotatable bonds is 7. The van der Waals surface area contributed by atoms with E-state index in [1.54, 1.807) is 28.5 Å². The Morgan fingerprint density at radius 2 is 1.85 bits per heavy atom. The van der Waals surface area contributed by atoms with Crippen molar-refractivity contribution < 1.29 is 19.5 Å². The Labute approximate surface area is 308 Å². The molecule has 1 aliphatic heterocycles. The van der Waals surface area contributed by atoms with E-state index in [1.807, 2.05) is 25.1 Å². The fraction of sp³-hybridized carbons (Fsp3) is 0.378. The summed E-state index contributed by atoms with van der Waals surface area (Å²) in [5.41, 5.74) is 2.89. The van der Waals surface area contributed by atoms with Gasteiger partial charge in [-0.3, -0.25) is 24.2 Å². The van der Waals surface area contributed by atoms with E-state index in [-0.39, 0.29) is 58.6 Å². The molecule has 5 heterocycles. The zero-order valence-corrected chi connectivity index (χ0v) is 30.1. The zero-order chi connectivity index (χ0) is 37.2. The van der Waals surface area contributed by atoms with Crippen LogP contribution in [0.25, 0.3) is 17.2 Å². The zero-order valence-electron chi connectivity index (χ0n) is 29.4. The Kier molecular flexibility index (Phi) is 8.47. The normalized spacial score (nSPS) is 17.6. The van der Waals surface area contributed by atoms with Gasteiger partial charge in [0, 0.05) is 48.6 Å². The highest BCUT2D eigenvalue weighted by Crippen LogP contribution is 2.50. The summed E-state index contributed by atoms with van der Waals surface area (Å²) in [5, 5.41) is 21.1. The maximum atomic E-state index is 14.6. The van der Waals surface area contributed by atoms with E-state index in [0.29, 0.717) is 71.5 Å². The Bertz CT molecular complexity index is 2380. The number of carbonyl (C=O) groups is 3. The predicted molar refractivity (Wildman–Crippen MR) is 194 cm³/mol. The molecule has 1 saturated heterocycles. The maximum Gasteiger partial charge on any atom is 0.279 e. The summed E-state index contributed by atoms with van der Waals surface area (Å²) >= 11 is 6.61. The summed E-state index contributed by atoms with van der Waals surface area (Å²) in [6.07, 6.45) is 6.55. The molecule has 2 aliphatic carbocycles. The first kappa shape index (κ1) is 34.4. The molecule has 1 spiro atoms. The molecule has 4 aromatic heterocycles. The van der Waals surface area contributed by atoms with Crippen molar-refractivity contribution >= 4 is 40.8 Å². The molecule has 53 heavy (non-hydrogen) atoms. The number of carbonyl (C=O) groups excluding carboxylic acids is 3. The molecule has 3 amide bonds. The van der Waals surface area contributed by atoms with Crippen molar-refractivity contribution in [1.82, 2.24) is 44.3 Å². The molecule has 0 radical (unpaired) electrons. The molecule has 16 heteroatoms. The first-order chi connectivity index (χ1) is 25.5. The molecule has 1 aromatic carbocycles. The van der Waals surface area contributed by atoms with Crippen molar-refractivity contribution in [2.45, 2.75) is 69.7 Å². The fourth-order valence-corrected chi connectivity index (χ4v) is 8.17. The number of piperidine rings is 1. The largest absolute Gasteiger partial charge is 0.504 e. The quantitative estimate of drug-likeness (QED) is 0.221. The van der Waals surface area contributed by atoms with E-state index < -0.39 is 11.3 Å². The lowest BCUT2D eigenvalue weighted by Gasteiger charge is -2.39. The molecular formula is C37H37ClN10O5. The Morgan fingerprint density at radius 3 is 2.53 bits per heavy atom. The summed E-state index contributed by atoms with van der Waals surface area (Å²) in [6.45, 7) is 4.12. The molecule has 8 rings (SSSR count). The average Bonchev–Trinajstić information content (AvgIpc) is 3.84. The molecule has 15 nitrogen and oxygen atoms in total. The third-order valence-corrected chi connectivity index (χ3v) is 11.1. The third kappa shape index (κ3) is 5.98. The summed E-state index contributed by atoms with van der Waals surface area (Å²) in [6, 6.07) is 8.90. The second-order valence-electron chi connectivity index (χ2n) is 14.2. The van der Waals surface area contributed by atoms with Crippen LogP contribution in [0.1, 0.15) is 94.4 Å². The van der Waals surface area contributed by atoms with Gasteiger partial charge in [-0.1, -0.05) is 24.6 Å². The summed E-state index contributed by atoms with van der Waals surface area (Å²) in [4.78, 5) is 72.6. The first-order valence-corrected chi connectivity index (χ1v) is 18.0. The van der Waals surface area contributed by atoms with Crippen LogP contribution < -0.4 is 16.2 Å². The SMILES string of the molecule is CNC(=O)c1ccc(-c2nc3n(CC(=O)Nc4ccc(C5CC5)cc4Cl)c4c(c(=O)n3n2)C2(CCN(C(=O)c3ncnc(C)c3O)CC2)CC4C)cn1. The van der Waals surface area contributed by atoms with Gasteiger partial charge in [0.1, 0.15) is 18.6 Å². The minimum Gasteiger partial charge on any atom is -0.504 e. The number of aromatic hydroxyl groups is 1. The van der Waals surface area contributed by atoms with Gasteiger partial charge < -0.3 is 25.2 Å². The van der Waals surface area contributed by atoms with Gasteiger partial charge in [-0.25, -0.2) is 9.97 Å². The molecule has 0 bridgehead atoms. The van der Waals surface area contributed by atoms with Gasteiger partial charge in [-0.2, -0.15) is 9.50 Å². The number of hydrogen-bond acceptors (Lipinski definition) is 10. The fourth-order valence-electron chi connectivity index (χ4n) is 7.94. The molecular weight excluding hydrogens is 700 g/mol. The van der Waals surface area contributed by atoms with Crippen molar-refractivity contribution in [2.24, 2.45) is 0 Å². The molecule has 1 saturated carbocycles. The predicted octanol–water partition coefficient (Wildman–Crippen LogP) is 3.97. The number of aryl methyl sites for hydroxylation is 1. The molecule has 2 fully saturated rings. The second kappa shape index (κ2) is 13.1. The minimum absolute atomic E-state index is 0.0565. The van der Waals surface area contributed by atoms with Gasteiger partial charge in [0.2, 0.25) is 11.7 Å². The summed E-state index contributed by atoms with van der Waals surface area (Å²) in [5.74, 6) is -0.586. The molecule has 3 aliphatic rings. The summed E-state index contributed by atoms with van der Waals surface area (Å²) < 4.78 is 3.00. The highest BCUT2D eigenvalue weighted by Gasteiger charge is 2.49. The second-order valence-corrected chi connectivity index (χ2v) is 14.6. The van der Waals surface area contributed by atoms with Gasteiger partial charge in [0.25, 0.3) is 17.4 Å². The van der Waals surface area contributed by atoms with Crippen LogP contribution in [0, 0.1) is 6.92 Å². The smallest absolute Gasteiger partial charge is 0.279 e. The van der Waals surface area contributed by atoms with Crippen LogP contribution >= 0.6 is 11.6 Å². The highest BCUT2D eigenvalue weighted by atomic mass is 35.5. The lowest BCUT2D eigenvalue weighted by molar-refractivity contribution is -0.116. The van der Waals surface area contributed by atoms with Gasteiger partial charge in [0.15, 0.2) is 17.3 Å². The lowest BCUT2D eigenvalue weighted by atomic mass is 9.73. The van der Waals surface area contributed by atoms with E-state index in [4.69, 9.17) is 16.6 Å². The number of nitrogens with zero attached hydrogens (tertiary/aromatic N) is 8. The number of fused-ring (bicyclic) bond motifs is 3. The first-order valence-electron chi connectivity index (χ1n) is 17.6. The van der Waals surface area contributed by atoms with Gasteiger partial charge in [-0.15, -0.1) is 5.10 Å². The molecule has 1 unspecified atom stereocenters. The molecule has 5 aromatic rings. The van der Waals surface area contributed by atoms with Crippen LogP contribution in [0.15, 0.2) is 47.7 Å². The van der Waals surface area contributed by atoms with Crippen LogP contribution in [0.5, 0.6) is 5.75 Å². The van der Waals surface area contributed by atoms with E-state index >= 15 is 0 Å². The molecule has 1 atom stereocenters. The van der Waals surface area contributed by atoms with Crippen LogP contribution in [-0.2, 0) is 16.8 Å². The van der Waals surface area contributed by atoms with Crippen molar-refractivity contribution in [3.8, 4) is 17.1 Å². The van der Waals surface area contributed by atoms with Gasteiger partial charge >= 0.3 is 0 Å². The van der Waals surface area contributed by atoms with Crippen LogP contribution in [0.3, 0.4) is 0 Å². The maximum absolute atomic E-state index is 14.6. The molecule has 3 N–H and O–H groups in total. The van der Waals surface area contributed by atoms with Gasteiger partial charge in [-0.05, 0) is 80.7 Å². The Balaban J connectivity index is 1.17. The highest BCUT2D eigenvalue weighted by molar-refractivity contribution is 6.33. The number of halogens is 1. The van der Waals surface area contributed by atoms with E-state index in [2.05, 4.69) is 30.7 Å². The number of benzene rings is 1. The van der Waals surface area contributed by atoms with Gasteiger partial charge in [0.05, 0.1) is 16.4 Å². The number of likely N-dealkylation sites (tertiary alicyclic amines) is 1. The van der Waals surface area contributed by atoms with Crippen LogP contribution in [-0.4, -0.2) is 82.0 Å². The van der Waals surface area contributed by atoms with Crippen molar-refractivity contribution in [2.75, 3.05) is 25.5 Å². The average molecular weight is 737 g/mol. The van der Waals surface area contributed by atoms with E-state index in [1.165, 1.54) is 24.1 Å². The monoisotopic (exact) mass is 736 g/mol. The number of hydrogen-bond donors (Lipinski definition) is 3. The minimum atomic E-state index is -0.608.